The van der Waals surface area contributed by atoms with E-state index in [0.29, 0.717) is 22.6 Å². The summed E-state index contributed by atoms with van der Waals surface area (Å²) in [5.41, 5.74) is -0.188. The number of piperidine rings is 1. The summed E-state index contributed by atoms with van der Waals surface area (Å²) in [5.74, 6) is -3.04. The standard InChI is InChI=1S/C28H34Cl2FNO5S/c1-6-22(16-38(36,37)27(2,3)4)32-25(17-7-9-19(29)10-8-17)23(18-11-20(30)13-21(31)12-18)14-28(5,26(32)35)15-24(33)34/h7-13,22-23,25H,6,14-16H2,1-5H3,(H,33,34)/t22-,23?,25+,28+/m0/s1. The molecule has 1 unspecified atom stereocenters. The maximum Gasteiger partial charge on any atom is 0.304 e. The third-order valence-corrected chi connectivity index (χ3v) is 10.5. The molecule has 1 N–H and O–H groups in total. The molecule has 1 heterocycles. The molecule has 0 bridgehead atoms. The number of hydrogen-bond acceptors (Lipinski definition) is 4. The van der Waals surface area contributed by atoms with E-state index in [-0.39, 0.29) is 17.2 Å². The van der Waals surface area contributed by atoms with Crippen LogP contribution in [0.5, 0.6) is 0 Å². The van der Waals surface area contributed by atoms with Crippen molar-refractivity contribution < 1.29 is 27.5 Å². The average molecular weight is 587 g/mol. The number of hydrogen-bond donors (Lipinski definition) is 1. The Hall–Kier alpha value is -2.16. The molecular weight excluding hydrogens is 552 g/mol. The molecule has 6 nitrogen and oxygen atoms in total. The largest absolute Gasteiger partial charge is 0.481 e. The highest BCUT2D eigenvalue weighted by Gasteiger charge is 2.53. The van der Waals surface area contributed by atoms with Gasteiger partial charge in [-0.05, 0) is 75.1 Å². The molecule has 2 aromatic carbocycles. The molecule has 38 heavy (non-hydrogen) atoms. The van der Waals surface area contributed by atoms with Gasteiger partial charge in [-0.25, -0.2) is 12.8 Å². The number of carbonyl (C=O) groups is 2. The van der Waals surface area contributed by atoms with Crippen molar-refractivity contribution in [2.75, 3.05) is 5.75 Å². The minimum atomic E-state index is -3.66. The SMILES string of the molecule is CC[C@@H](CS(=O)(=O)C(C)(C)C)N1C(=O)[C@@](C)(CC(=O)O)CC(c2cc(F)cc(Cl)c2)[C@H]1c1ccc(Cl)cc1. The summed E-state index contributed by atoms with van der Waals surface area (Å²) >= 11 is 12.4. The highest BCUT2D eigenvalue weighted by atomic mass is 35.5. The molecule has 1 amide bonds. The van der Waals surface area contributed by atoms with Crippen LogP contribution in [0.4, 0.5) is 4.39 Å². The summed E-state index contributed by atoms with van der Waals surface area (Å²) in [6.07, 6.45) is -0.0489. The zero-order valence-electron chi connectivity index (χ0n) is 22.2. The number of nitrogens with zero attached hydrogens (tertiary/aromatic N) is 1. The lowest BCUT2D eigenvalue weighted by atomic mass is 9.67. The van der Waals surface area contributed by atoms with Crippen LogP contribution in [-0.2, 0) is 19.4 Å². The summed E-state index contributed by atoms with van der Waals surface area (Å²) in [4.78, 5) is 27.7. The second-order valence-corrected chi connectivity index (χ2v) is 15.0. The van der Waals surface area contributed by atoms with Gasteiger partial charge in [-0.1, -0.05) is 49.2 Å². The Kier molecular flexibility index (Phi) is 8.91. The number of likely N-dealkylation sites (tertiary alicyclic amines) is 1. The van der Waals surface area contributed by atoms with Gasteiger partial charge in [-0.3, -0.25) is 9.59 Å². The number of carbonyl (C=O) groups excluding carboxylic acids is 1. The van der Waals surface area contributed by atoms with Gasteiger partial charge in [0.15, 0.2) is 9.84 Å². The zero-order valence-corrected chi connectivity index (χ0v) is 24.5. The molecule has 0 aliphatic carbocycles. The van der Waals surface area contributed by atoms with Gasteiger partial charge in [0.1, 0.15) is 5.82 Å². The number of carboxylic acids is 1. The van der Waals surface area contributed by atoms with E-state index in [0.717, 1.165) is 0 Å². The van der Waals surface area contributed by atoms with E-state index in [1.54, 1.807) is 65.0 Å². The number of rotatable bonds is 8. The predicted molar refractivity (Wildman–Crippen MR) is 148 cm³/mol. The zero-order chi connectivity index (χ0) is 28.6. The molecule has 10 heteroatoms. The highest BCUT2D eigenvalue weighted by molar-refractivity contribution is 7.92. The number of carboxylic acid groups (broad SMARTS) is 1. The Morgan fingerprint density at radius 1 is 1.13 bits per heavy atom. The summed E-state index contributed by atoms with van der Waals surface area (Å²) in [7, 11) is -3.66. The second kappa shape index (κ2) is 11.1. The smallest absolute Gasteiger partial charge is 0.304 e. The molecule has 2 aromatic rings. The molecule has 0 spiro atoms. The summed E-state index contributed by atoms with van der Waals surface area (Å²) in [6, 6.07) is 9.52. The Morgan fingerprint density at radius 3 is 2.24 bits per heavy atom. The van der Waals surface area contributed by atoms with Crippen molar-refractivity contribution in [3.8, 4) is 0 Å². The van der Waals surface area contributed by atoms with Gasteiger partial charge in [-0.2, -0.15) is 0 Å². The van der Waals surface area contributed by atoms with E-state index in [9.17, 15) is 27.5 Å². The van der Waals surface area contributed by atoms with Crippen molar-refractivity contribution in [2.45, 2.75) is 76.6 Å². The van der Waals surface area contributed by atoms with Crippen molar-refractivity contribution in [1.82, 2.24) is 4.90 Å². The molecule has 1 fully saturated rings. The first-order valence-corrected chi connectivity index (χ1v) is 14.9. The quantitative estimate of drug-likeness (QED) is 0.374. The number of benzene rings is 2. The van der Waals surface area contributed by atoms with Gasteiger partial charge < -0.3 is 10.0 Å². The van der Waals surface area contributed by atoms with Crippen LogP contribution in [-0.4, -0.2) is 46.8 Å². The van der Waals surface area contributed by atoms with Crippen molar-refractivity contribution in [3.05, 3.63) is 69.5 Å². The van der Waals surface area contributed by atoms with Crippen LogP contribution in [0.1, 0.15) is 77.0 Å². The summed E-state index contributed by atoms with van der Waals surface area (Å²) in [5, 5.41) is 10.4. The fourth-order valence-corrected chi connectivity index (χ4v) is 6.99. The molecule has 0 saturated carbocycles. The highest BCUT2D eigenvalue weighted by Crippen LogP contribution is 2.52. The fourth-order valence-electron chi connectivity index (χ4n) is 5.23. The first-order valence-electron chi connectivity index (χ1n) is 12.5. The van der Waals surface area contributed by atoms with Crippen LogP contribution in [0.15, 0.2) is 42.5 Å². The van der Waals surface area contributed by atoms with Gasteiger partial charge >= 0.3 is 5.97 Å². The summed E-state index contributed by atoms with van der Waals surface area (Å²) in [6.45, 7) is 8.20. The van der Waals surface area contributed by atoms with Crippen molar-refractivity contribution in [3.63, 3.8) is 0 Å². The predicted octanol–water partition coefficient (Wildman–Crippen LogP) is 6.66. The molecule has 208 valence electrons. The van der Waals surface area contributed by atoms with Gasteiger partial charge in [0.25, 0.3) is 0 Å². The van der Waals surface area contributed by atoms with Crippen molar-refractivity contribution >= 4 is 44.9 Å². The van der Waals surface area contributed by atoms with E-state index < -0.39 is 62.1 Å². The van der Waals surface area contributed by atoms with E-state index >= 15 is 0 Å². The van der Waals surface area contributed by atoms with Crippen molar-refractivity contribution in [2.24, 2.45) is 5.41 Å². The topological polar surface area (TPSA) is 91.8 Å². The molecule has 3 rings (SSSR count). The Labute approximate surface area is 234 Å². The minimum Gasteiger partial charge on any atom is -0.481 e. The van der Waals surface area contributed by atoms with Crippen LogP contribution < -0.4 is 0 Å². The van der Waals surface area contributed by atoms with Crippen LogP contribution in [0.25, 0.3) is 0 Å². The molecule has 1 saturated heterocycles. The van der Waals surface area contributed by atoms with Crippen LogP contribution in [0.3, 0.4) is 0 Å². The maximum absolute atomic E-state index is 14.6. The van der Waals surface area contributed by atoms with Gasteiger partial charge in [0.2, 0.25) is 5.91 Å². The minimum absolute atomic E-state index is 0.101. The first kappa shape index (κ1) is 30.4. The van der Waals surface area contributed by atoms with Gasteiger partial charge in [0.05, 0.1) is 28.4 Å². The van der Waals surface area contributed by atoms with Crippen LogP contribution in [0, 0.1) is 11.2 Å². The Morgan fingerprint density at radius 2 is 1.74 bits per heavy atom. The van der Waals surface area contributed by atoms with E-state index in [1.807, 2.05) is 0 Å². The number of aliphatic carboxylic acids is 1. The molecule has 0 radical (unpaired) electrons. The molecule has 0 aromatic heterocycles. The average Bonchev–Trinajstić information content (AvgIpc) is 2.78. The van der Waals surface area contributed by atoms with Crippen molar-refractivity contribution in [1.29, 1.82) is 0 Å². The van der Waals surface area contributed by atoms with E-state index in [4.69, 9.17) is 23.2 Å². The third kappa shape index (κ3) is 6.35. The fraction of sp³-hybridized carbons (Fsp3) is 0.500. The monoisotopic (exact) mass is 585 g/mol. The first-order chi connectivity index (χ1) is 17.5. The number of halogens is 3. The van der Waals surface area contributed by atoms with Crippen LogP contribution >= 0.6 is 23.2 Å². The number of amides is 1. The lowest BCUT2D eigenvalue weighted by Gasteiger charge is -2.52. The Bertz CT molecular complexity index is 1290. The second-order valence-electron chi connectivity index (χ2n) is 11.3. The lowest BCUT2D eigenvalue weighted by Crippen LogP contribution is -2.58. The molecular formula is C28H34Cl2FNO5S. The van der Waals surface area contributed by atoms with Crippen LogP contribution in [0.2, 0.25) is 10.0 Å². The third-order valence-electron chi connectivity index (χ3n) is 7.38. The number of sulfone groups is 1. The molecule has 4 atom stereocenters. The lowest BCUT2D eigenvalue weighted by molar-refractivity contribution is -0.160. The van der Waals surface area contributed by atoms with E-state index in [1.165, 1.54) is 17.0 Å². The Balaban J connectivity index is 2.30. The summed E-state index contributed by atoms with van der Waals surface area (Å²) < 4.78 is 40.1. The normalized spacial score (nSPS) is 23.4. The van der Waals surface area contributed by atoms with E-state index in [2.05, 4.69) is 0 Å². The maximum atomic E-state index is 14.6. The van der Waals surface area contributed by atoms with Gasteiger partial charge in [0, 0.05) is 22.0 Å². The molecule has 1 aliphatic heterocycles. The van der Waals surface area contributed by atoms with Gasteiger partial charge in [-0.15, -0.1) is 0 Å². The molecule has 1 aliphatic rings.